The van der Waals surface area contributed by atoms with Crippen molar-refractivity contribution >= 4 is 45.0 Å². The van der Waals surface area contributed by atoms with Crippen LogP contribution in [0.2, 0.25) is 0 Å². The third kappa shape index (κ3) is 4.30. The zero-order valence-electron chi connectivity index (χ0n) is 13.3. The summed E-state index contributed by atoms with van der Waals surface area (Å²) in [4.78, 5) is 11.1. The summed E-state index contributed by atoms with van der Waals surface area (Å²) in [5, 5.41) is 11.2. The molecule has 2 aliphatic rings. The molecule has 0 unspecified atom stereocenters. The monoisotopic (exact) mass is 411 g/mol. The first-order valence-corrected chi connectivity index (χ1v) is 9.51. The van der Waals surface area contributed by atoms with Crippen LogP contribution in [0.1, 0.15) is 31.2 Å². The number of thioether (sulfide) groups is 1. The molecule has 6 nitrogen and oxygen atoms in total. The Morgan fingerprint density at radius 1 is 1.33 bits per heavy atom. The van der Waals surface area contributed by atoms with Gasteiger partial charge < -0.3 is 14.8 Å². The molecule has 3 rings (SSSR count). The molecule has 1 aliphatic carbocycles. The number of methoxy groups -OCH3 is 1. The molecule has 1 saturated carbocycles. The van der Waals surface area contributed by atoms with Gasteiger partial charge >= 0.3 is 0 Å². The summed E-state index contributed by atoms with van der Waals surface area (Å²) in [6, 6.07) is 3.76. The van der Waals surface area contributed by atoms with E-state index in [1.54, 1.807) is 13.3 Å². The van der Waals surface area contributed by atoms with Gasteiger partial charge in [-0.1, -0.05) is 11.8 Å². The van der Waals surface area contributed by atoms with Gasteiger partial charge in [-0.15, -0.1) is 5.10 Å². The van der Waals surface area contributed by atoms with Crippen molar-refractivity contribution in [2.75, 3.05) is 12.9 Å². The number of nitrogens with one attached hydrogen (secondary N) is 1. The number of benzene rings is 1. The molecule has 128 valence electrons. The minimum atomic E-state index is -0.0507. The van der Waals surface area contributed by atoms with Crippen molar-refractivity contribution in [3.8, 4) is 11.5 Å². The highest BCUT2D eigenvalue weighted by Gasteiger charge is 2.19. The van der Waals surface area contributed by atoms with Crippen molar-refractivity contribution in [2.45, 2.75) is 31.8 Å². The summed E-state index contributed by atoms with van der Waals surface area (Å²) >= 11 is 4.87. The third-order valence-electron chi connectivity index (χ3n) is 3.81. The van der Waals surface area contributed by atoms with E-state index in [0.717, 1.165) is 28.6 Å². The summed E-state index contributed by atoms with van der Waals surface area (Å²) in [7, 11) is 1.62. The Kier molecular flexibility index (Phi) is 5.78. The largest absolute Gasteiger partial charge is 0.493 e. The van der Waals surface area contributed by atoms with Crippen molar-refractivity contribution < 1.29 is 14.3 Å². The minimum Gasteiger partial charge on any atom is -0.493 e. The summed E-state index contributed by atoms with van der Waals surface area (Å²) in [5.41, 5.74) is 0.823. The summed E-state index contributed by atoms with van der Waals surface area (Å²) < 4.78 is 12.3. The number of amides is 1. The highest BCUT2D eigenvalue weighted by atomic mass is 79.9. The lowest BCUT2D eigenvalue weighted by atomic mass is 10.2. The SMILES string of the molecule is COc1cc(C=NN=C2NC(=O)CS2)c(Br)cc1OC1CCCC1. The Hall–Kier alpha value is -1.54. The predicted octanol–water partition coefficient (Wildman–Crippen LogP) is 3.33. The maximum Gasteiger partial charge on any atom is 0.236 e. The average Bonchev–Trinajstić information content (AvgIpc) is 3.21. The fourth-order valence-electron chi connectivity index (χ4n) is 2.61. The third-order valence-corrected chi connectivity index (χ3v) is 5.36. The van der Waals surface area contributed by atoms with Gasteiger partial charge in [-0.25, -0.2) is 0 Å². The fourth-order valence-corrected chi connectivity index (χ4v) is 3.67. The van der Waals surface area contributed by atoms with Gasteiger partial charge in [0.2, 0.25) is 5.91 Å². The van der Waals surface area contributed by atoms with Crippen LogP contribution < -0.4 is 14.8 Å². The Morgan fingerprint density at radius 2 is 2.12 bits per heavy atom. The summed E-state index contributed by atoms with van der Waals surface area (Å²) in [5.74, 6) is 1.74. The van der Waals surface area contributed by atoms with Crippen molar-refractivity contribution in [3.05, 3.63) is 22.2 Å². The van der Waals surface area contributed by atoms with Gasteiger partial charge in [0.15, 0.2) is 16.7 Å². The molecule has 2 fully saturated rings. The number of nitrogens with zero attached hydrogens (tertiary/aromatic N) is 2. The molecule has 0 aromatic heterocycles. The first kappa shape index (κ1) is 17.3. The molecule has 1 aromatic rings. The lowest BCUT2D eigenvalue weighted by molar-refractivity contribution is -0.116. The lowest BCUT2D eigenvalue weighted by Crippen LogP contribution is -2.19. The van der Waals surface area contributed by atoms with Gasteiger partial charge in [-0.3, -0.25) is 4.79 Å². The van der Waals surface area contributed by atoms with Crippen molar-refractivity contribution in [2.24, 2.45) is 10.2 Å². The molecule has 1 N–H and O–H groups in total. The van der Waals surface area contributed by atoms with Crippen molar-refractivity contribution in [3.63, 3.8) is 0 Å². The van der Waals surface area contributed by atoms with E-state index in [1.807, 2.05) is 12.1 Å². The number of amidine groups is 1. The number of carbonyl (C=O) groups excluding carboxylic acids is 1. The minimum absolute atomic E-state index is 0.0507. The van der Waals surface area contributed by atoms with Gasteiger partial charge in [0, 0.05) is 10.0 Å². The second kappa shape index (κ2) is 8.02. The molecule has 1 aromatic carbocycles. The van der Waals surface area contributed by atoms with Crippen molar-refractivity contribution in [1.29, 1.82) is 0 Å². The maximum atomic E-state index is 11.1. The van der Waals surface area contributed by atoms with E-state index in [0.29, 0.717) is 16.7 Å². The smallest absolute Gasteiger partial charge is 0.236 e. The number of hydrogen-bond acceptors (Lipinski definition) is 6. The lowest BCUT2D eigenvalue weighted by Gasteiger charge is -2.17. The highest BCUT2D eigenvalue weighted by molar-refractivity contribution is 9.10. The normalized spacial score (nSPS) is 20.1. The van der Waals surface area contributed by atoms with Gasteiger partial charge in [-0.05, 0) is 53.7 Å². The number of ether oxygens (including phenoxy) is 2. The molecule has 1 aliphatic heterocycles. The molecule has 1 heterocycles. The molecule has 0 bridgehead atoms. The molecule has 8 heteroatoms. The van der Waals surface area contributed by atoms with Crippen molar-refractivity contribution in [1.82, 2.24) is 5.32 Å². The van der Waals surface area contributed by atoms with Crippen LogP contribution in [0.3, 0.4) is 0 Å². The van der Waals surface area contributed by atoms with Crippen LogP contribution >= 0.6 is 27.7 Å². The van der Waals surface area contributed by atoms with E-state index in [9.17, 15) is 4.79 Å². The average molecular weight is 412 g/mol. The Morgan fingerprint density at radius 3 is 2.79 bits per heavy atom. The van der Waals surface area contributed by atoms with Crippen LogP contribution in [0, 0.1) is 0 Å². The molecule has 1 saturated heterocycles. The maximum absolute atomic E-state index is 11.1. The first-order valence-electron chi connectivity index (χ1n) is 7.73. The summed E-state index contributed by atoms with van der Waals surface area (Å²) in [6.07, 6.45) is 6.49. The first-order chi connectivity index (χ1) is 11.7. The number of carbonyl (C=O) groups is 1. The summed E-state index contributed by atoms with van der Waals surface area (Å²) in [6.45, 7) is 0. The standard InChI is InChI=1S/C16H18BrN3O3S/c1-22-13-6-10(8-18-20-16-19-15(21)9-24-16)12(17)7-14(13)23-11-4-2-3-5-11/h6-8,11H,2-5,9H2,1H3,(H,19,20,21). The molecular weight excluding hydrogens is 394 g/mol. The van der Waals surface area contributed by atoms with Crippen LogP contribution in [0.4, 0.5) is 0 Å². The quantitative estimate of drug-likeness (QED) is 0.595. The van der Waals surface area contributed by atoms with E-state index in [2.05, 4.69) is 31.4 Å². The topological polar surface area (TPSA) is 72.3 Å². The molecule has 0 atom stereocenters. The van der Waals surface area contributed by atoms with E-state index >= 15 is 0 Å². The Balaban J connectivity index is 1.74. The molecule has 24 heavy (non-hydrogen) atoms. The molecule has 1 amide bonds. The fraction of sp³-hybridized carbons (Fsp3) is 0.438. The van der Waals surface area contributed by atoms with E-state index < -0.39 is 0 Å². The molecule has 0 radical (unpaired) electrons. The van der Waals surface area contributed by atoms with E-state index in [-0.39, 0.29) is 12.0 Å². The highest BCUT2D eigenvalue weighted by Crippen LogP contribution is 2.35. The number of halogens is 1. The van der Waals surface area contributed by atoms with Crippen LogP contribution in [0.25, 0.3) is 0 Å². The molecule has 0 spiro atoms. The predicted molar refractivity (Wildman–Crippen MR) is 99.2 cm³/mol. The Labute approximate surface area is 153 Å². The number of hydrogen-bond donors (Lipinski definition) is 1. The van der Waals surface area contributed by atoms with E-state index in [4.69, 9.17) is 9.47 Å². The number of rotatable bonds is 5. The van der Waals surface area contributed by atoms with Gasteiger partial charge in [0.05, 0.1) is 25.2 Å². The Bertz CT molecular complexity index is 687. The van der Waals surface area contributed by atoms with E-state index in [1.165, 1.54) is 24.6 Å². The molecular formula is C16H18BrN3O3S. The van der Waals surface area contributed by atoms with Gasteiger partial charge in [0.25, 0.3) is 0 Å². The van der Waals surface area contributed by atoms with Gasteiger partial charge in [0.1, 0.15) is 0 Å². The second-order valence-electron chi connectivity index (χ2n) is 5.54. The zero-order chi connectivity index (χ0) is 16.9. The van der Waals surface area contributed by atoms with Crippen LogP contribution in [0.15, 0.2) is 26.8 Å². The van der Waals surface area contributed by atoms with Crippen LogP contribution in [0.5, 0.6) is 11.5 Å². The van der Waals surface area contributed by atoms with Gasteiger partial charge in [-0.2, -0.15) is 5.10 Å². The zero-order valence-corrected chi connectivity index (χ0v) is 15.7. The van der Waals surface area contributed by atoms with Crippen LogP contribution in [-0.2, 0) is 4.79 Å². The van der Waals surface area contributed by atoms with Crippen LogP contribution in [-0.4, -0.2) is 36.3 Å². The second-order valence-corrected chi connectivity index (χ2v) is 7.35.